The highest BCUT2D eigenvalue weighted by Crippen LogP contribution is 2.37. The zero-order chi connectivity index (χ0) is 12.8. The minimum absolute atomic E-state index is 0.576. The SMILES string of the molecule is CCNCC1(CN(C)CC2CCC2)CCCCC1. The van der Waals surface area contributed by atoms with Crippen LogP contribution >= 0.6 is 0 Å². The van der Waals surface area contributed by atoms with Gasteiger partial charge < -0.3 is 10.2 Å². The molecule has 2 fully saturated rings. The molecule has 0 bridgehead atoms. The molecule has 0 saturated heterocycles. The normalized spacial score (nSPS) is 24.2. The minimum atomic E-state index is 0.576. The maximum absolute atomic E-state index is 3.62. The first-order chi connectivity index (χ1) is 8.74. The molecule has 0 unspecified atom stereocenters. The van der Waals surface area contributed by atoms with Gasteiger partial charge in [-0.05, 0) is 50.6 Å². The van der Waals surface area contributed by atoms with Crippen molar-refractivity contribution in [2.75, 3.05) is 33.2 Å². The Morgan fingerprint density at radius 3 is 2.39 bits per heavy atom. The predicted octanol–water partition coefficient (Wildman–Crippen LogP) is 3.28. The third-order valence-electron chi connectivity index (χ3n) is 5.06. The molecule has 0 aromatic rings. The van der Waals surface area contributed by atoms with Crippen molar-refractivity contribution in [3.05, 3.63) is 0 Å². The quantitative estimate of drug-likeness (QED) is 0.748. The maximum Gasteiger partial charge on any atom is 0.00472 e. The summed E-state index contributed by atoms with van der Waals surface area (Å²) in [5.74, 6) is 1.01. The lowest BCUT2D eigenvalue weighted by atomic mass is 9.73. The number of rotatable bonds is 7. The second-order valence-corrected chi connectivity index (χ2v) is 6.83. The van der Waals surface area contributed by atoms with Crippen molar-refractivity contribution < 1.29 is 0 Å². The molecule has 0 atom stereocenters. The van der Waals surface area contributed by atoms with Crippen molar-refractivity contribution >= 4 is 0 Å². The molecule has 0 radical (unpaired) electrons. The molecular formula is C16H32N2. The molecule has 0 amide bonds. The number of nitrogens with one attached hydrogen (secondary N) is 1. The van der Waals surface area contributed by atoms with E-state index in [0.717, 1.165) is 12.5 Å². The second kappa shape index (κ2) is 6.91. The fourth-order valence-corrected chi connectivity index (χ4v) is 3.84. The Bertz CT molecular complexity index is 229. The van der Waals surface area contributed by atoms with Crippen LogP contribution in [-0.4, -0.2) is 38.1 Å². The summed E-state index contributed by atoms with van der Waals surface area (Å²) in [4.78, 5) is 2.63. The highest BCUT2D eigenvalue weighted by molar-refractivity contribution is 4.88. The molecule has 106 valence electrons. The maximum atomic E-state index is 3.62. The summed E-state index contributed by atoms with van der Waals surface area (Å²) >= 11 is 0. The highest BCUT2D eigenvalue weighted by atomic mass is 15.1. The van der Waals surface area contributed by atoms with Crippen LogP contribution in [0.3, 0.4) is 0 Å². The Morgan fingerprint density at radius 2 is 1.83 bits per heavy atom. The van der Waals surface area contributed by atoms with Crippen LogP contribution in [0.1, 0.15) is 58.3 Å². The molecule has 0 aliphatic heterocycles. The molecule has 1 N–H and O–H groups in total. The molecule has 2 aliphatic carbocycles. The van der Waals surface area contributed by atoms with E-state index in [1.165, 1.54) is 71.0 Å². The summed E-state index contributed by atoms with van der Waals surface area (Å²) in [7, 11) is 2.35. The van der Waals surface area contributed by atoms with Crippen LogP contribution in [0.2, 0.25) is 0 Å². The molecule has 0 heterocycles. The largest absolute Gasteiger partial charge is 0.316 e. The fourth-order valence-electron chi connectivity index (χ4n) is 3.84. The van der Waals surface area contributed by atoms with Crippen molar-refractivity contribution in [3.63, 3.8) is 0 Å². The zero-order valence-electron chi connectivity index (χ0n) is 12.5. The van der Waals surface area contributed by atoms with Gasteiger partial charge in [0.2, 0.25) is 0 Å². The average Bonchev–Trinajstić information content (AvgIpc) is 2.33. The first-order valence-corrected chi connectivity index (χ1v) is 8.13. The van der Waals surface area contributed by atoms with E-state index in [4.69, 9.17) is 0 Å². The number of hydrogen-bond donors (Lipinski definition) is 1. The highest BCUT2D eigenvalue weighted by Gasteiger charge is 2.33. The first kappa shape index (κ1) is 14.3. The van der Waals surface area contributed by atoms with E-state index in [1.54, 1.807) is 0 Å². The van der Waals surface area contributed by atoms with Gasteiger partial charge in [-0.25, -0.2) is 0 Å². The van der Waals surface area contributed by atoms with Gasteiger partial charge in [-0.2, -0.15) is 0 Å². The van der Waals surface area contributed by atoms with Crippen molar-refractivity contribution in [1.29, 1.82) is 0 Å². The summed E-state index contributed by atoms with van der Waals surface area (Å²) in [6.45, 7) is 7.24. The molecule has 18 heavy (non-hydrogen) atoms. The van der Waals surface area contributed by atoms with Gasteiger partial charge in [-0.3, -0.25) is 0 Å². The third-order valence-corrected chi connectivity index (χ3v) is 5.06. The van der Waals surface area contributed by atoms with E-state index in [-0.39, 0.29) is 0 Å². The van der Waals surface area contributed by atoms with Gasteiger partial charge in [-0.15, -0.1) is 0 Å². The van der Waals surface area contributed by atoms with Crippen molar-refractivity contribution in [2.24, 2.45) is 11.3 Å². The monoisotopic (exact) mass is 252 g/mol. The van der Waals surface area contributed by atoms with Gasteiger partial charge in [-0.1, -0.05) is 32.6 Å². The van der Waals surface area contributed by atoms with Crippen LogP contribution in [-0.2, 0) is 0 Å². The first-order valence-electron chi connectivity index (χ1n) is 8.13. The Labute approximate surface area is 114 Å². The van der Waals surface area contributed by atoms with Gasteiger partial charge >= 0.3 is 0 Å². The zero-order valence-corrected chi connectivity index (χ0v) is 12.5. The van der Waals surface area contributed by atoms with E-state index in [1.807, 2.05) is 0 Å². The molecule has 0 aromatic heterocycles. The van der Waals surface area contributed by atoms with Crippen molar-refractivity contribution in [3.8, 4) is 0 Å². The van der Waals surface area contributed by atoms with Crippen LogP contribution in [0.25, 0.3) is 0 Å². The molecule has 0 spiro atoms. The average molecular weight is 252 g/mol. The van der Waals surface area contributed by atoms with Gasteiger partial charge in [0, 0.05) is 19.6 Å². The molecule has 2 heteroatoms. The number of nitrogens with zero attached hydrogens (tertiary/aromatic N) is 1. The molecule has 2 saturated carbocycles. The van der Waals surface area contributed by atoms with Crippen LogP contribution in [0.5, 0.6) is 0 Å². The molecular weight excluding hydrogens is 220 g/mol. The Balaban J connectivity index is 1.82. The van der Waals surface area contributed by atoms with Gasteiger partial charge in [0.05, 0.1) is 0 Å². The van der Waals surface area contributed by atoms with Gasteiger partial charge in [0.1, 0.15) is 0 Å². The topological polar surface area (TPSA) is 15.3 Å². The standard InChI is InChI=1S/C16H32N2/c1-3-17-13-16(10-5-4-6-11-16)14-18(2)12-15-8-7-9-15/h15,17H,3-14H2,1-2H3. The number of hydrogen-bond acceptors (Lipinski definition) is 2. The van der Waals surface area contributed by atoms with Crippen molar-refractivity contribution in [1.82, 2.24) is 10.2 Å². The summed E-state index contributed by atoms with van der Waals surface area (Å²) < 4.78 is 0. The van der Waals surface area contributed by atoms with Gasteiger partial charge in [0.15, 0.2) is 0 Å². The lowest BCUT2D eigenvalue weighted by Gasteiger charge is -2.42. The summed E-state index contributed by atoms with van der Waals surface area (Å²) in [6, 6.07) is 0. The molecule has 2 aliphatic rings. The smallest absolute Gasteiger partial charge is 0.00472 e. The summed E-state index contributed by atoms with van der Waals surface area (Å²) in [5.41, 5.74) is 0.576. The van der Waals surface area contributed by atoms with E-state index in [0.29, 0.717) is 5.41 Å². The molecule has 2 nitrogen and oxygen atoms in total. The fraction of sp³-hybridized carbons (Fsp3) is 1.00. The van der Waals surface area contributed by atoms with E-state index in [2.05, 4.69) is 24.2 Å². The third kappa shape index (κ3) is 3.96. The Kier molecular flexibility index (Phi) is 5.50. The lowest BCUT2D eigenvalue weighted by molar-refractivity contribution is 0.0967. The van der Waals surface area contributed by atoms with E-state index in [9.17, 15) is 0 Å². The second-order valence-electron chi connectivity index (χ2n) is 6.83. The van der Waals surface area contributed by atoms with E-state index >= 15 is 0 Å². The van der Waals surface area contributed by atoms with Crippen LogP contribution < -0.4 is 5.32 Å². The van der Waals surface area contributed by atoms with Crippen LogP contribution in [0.15, 0.2) is 0 Å². The lowest BCUT2D eigenvalue weighted by Crippen LogP contribution is -2.45. The van der Waals surface area contributed by atoms with Crippen LogP contribution in [0, 0.1) is 11.3 Å². The molecule has 2 rings (SSSR count). The van der Waals surface area contributed by atoms with Crippen molar-refractivity contribution in [2.45, 2.75) is 58.3 Å². The van der Waals surface area contributed by atoms with Crippen LogP contribution in [0.4, 0.5) is 0 Å². The summed E-state index contributed by atoms with van der Waals surface area (Å²) in [6.07, 6.45) is 11.7. The minimum Gasteiger partial charge on any atom is -0.316 e. The Morgan fingerprint density at radius 1 is 1.11 bits per heavy atom. The predicted molar refractivity (Wildman–Crippen MR) is 78.9 cm³/mol. The molecule has 0 aromatic carbocycles. The van der Waals surface area contributed by atoms with Gasteiger partial charge in [0.25, 0.3) is 0 Å². The van der Waals surface area contributed by atoms with E-state index < -0.39 is 0 Å². The Hall–Kier alpha value is -0.0800. The summed E-state index contributed by atoms with van der Waals surface area (Å²) in [5, 5.41) is 3.62.